The second-order valence-corrected chi connectivity index (χ2v) is 5.23. The van der Waals surface area contributed by atoms with Gasteiger partial charge in [0.25, 0.3) is 5.91 Å². The first-order valence-corrected chi connectivity index (χ1v) is 7.16. The summed E-state index contributed by atoms with van der Waals surface area (Å²) in [5.74, 6) is 0.116. The summed E-state index contributed by atoms with van der Waals surface area (Å²) in [6, 6.07) is 12.5. The van der Waals surface area contributed by atoms with Crippen molar-refractivity contribution in [3.63, 3.8) is 0 Å². The highest BCUT2D eigenvalue weighted by molar-refractivity contribution is 6.05. The Morgan fingerprint density at radius 1 is 1.13 bits per heavy atom. The van der Waals surface area contributed by atoms with Crippen LogP contribution >= 0.6 is 0 Å². The fourth-order valence-electron chi connectivity index (χ4n) is 2.40. The molecule has 0 fully saturated rings. The number of aromatic amines is 1. The SMILES string of the molecule is COc1cccc2c(=O)c(C(=O)Nc3ccc(C)cc3)c[nH]c12. The number of fused-ring (bicyclic) bond motifs is 1. The standard InChI is InChI=1S/C18H16N2O3/c1-11-6-8-12(9-7-11)20-18(22)14-10-19-16-13(17(14)21)4-3-5-15(16)23-2/h3-10H,1-2H3,(H,19,21)(H,20,22). The van der Waals surface area contributed by atoms with Crippen LogP contribution in [-0.2, 0) is 0 Å². The molecule has 1 heterocycles. The Hall–Kier alpha value is -3.08. The van der Waals surface area contributed by atoms with E-state index < -0.39 is 5.91 Å². The predicted molar refractivity (Wildman–Crippen MR) is 90.3 cm³/mol. The minimum absolute atomic E-state index is 0.0614. The van der Waals surface area contributed by atoms with Crippen molar-refractivity contribution in [1.82, 2.24) is 4.98 Å². The lowest BCUT2D eigenvalue weighted by Crippen LogP contribution is -2.22. The van der Waals surface area contributed by atoms with Crippen LogP contribution < -0.4 is 15.5 Å². The Morgan fingerprint density at radius 3 is 2.57 bits per heavy atom. The number of pyridine rings is 1. The topological polar surface area (TPSA) is 71.2 Å². The summed E-state index contributed by atoms with van der Waals surface area (Å²) in [7, 11) is 1.53. The molecule has 116 valence electrons. The molecule has 0 atom stereocenters. The van der Waals surface area contributed by atoms with E-state index in [0.717, 1.165) is 5.56 Å². The number of aromatic nitrogens is 1. The lowest BCUT2D eigenvalue weighted by atomic mass is 10.1. The van der Waals surface area contributed by atoms with Crippen molar-refractivity contribution in [3.05, 3.63) is 70.0 Å². The highest BCUT2D eigenvalue weighted by Gasteiger charge is 2.14. The summed E-state index contributed by atoms with van der Waals surface area (Å²) >= 11 is 0. The Bertz CT molecular complexity index is 927. The van der Waals surface area contributed by atoms with Gasteiger partial charge in [0.2, 0.25) is 5.43 Å². The summed E-state index contributed by atoms with van der Waals surface area (Å²) in [4.78, 5) is 27.9. The van der Waals surface area contributed by atoms with Gasteiger partial charge >= 0.3 is 0 Å². The molecule has 23 heavy (non-hydrogen) atoms. The maximum atomic E-state index is 12.5. The highest BCUT2D eigenvalue weighted by atomic mass is 16.5. The molecule has 0 aliphatic carbocycles. The largest absolute Gasteiger partial charge is 0.495 e. The first-order valence-electron chi connectivity index (χ1n) is 7.16. The number of para-hydroxylation sites is 1. The molecule has 0 bridgehead atoms. The Labute approximate surface area is 132 Å². The summed E-state index contributed by atoms with van der Waals surface area (Å²) in [6.07, 6.45) is 1.41. The van der Waals surface area contributed by atoms with Gasteiger partial charge in [-0.05, 0) is 31.2 Å². The summed E-state index contributed by atoms with van der Waals surface area (Å²) < 4.78 is 5.22. The van der Waals surface area contributed by atoms with E-state index in [1.54, 1.807) is 30.3 Å². The number of hydrogen-bond acceptors (Lipinski definition) is 3. The van der Waals surface area contributed by atoms with Crippen molar-refractivity contribution in [2.45, 2.75) is 6.92 Å². The van der Waals surface area contributed by atoms with Gasteiger partial charge < -0.3 is 15.0 Å². The summed E-state index contributed by atoms with van der Waals surface area (Å²) in [6.45, 7) is 1.97. The Balaban J connectivity index is 1.99. The molecule has 0 radical (unpaired) electrons. The van der Waals surface area contributed by atoms with Crippen LogP contribution in [0.25, 0.3) is 10.9 Å². The molecular weight excluding hydrogens is 292 g/mol. The van der Waals surface area contributed by atoms with Crippen LogP contribution in [0.4, 0.5) is 5.69 Å². The smallest absolute Gasteiger partial charge is 0.261 e. The number of rotatable bonds is 3. The van der Waals surface area contributed by atoms with Crippen molar-refractivity contribution in [2.75, 3.05) is 12.4 Å². The van der Waals surface area contributed by atoms with Gasteiger partial charge in [-0.1, -0.05) is 23.8 Å². The number of benzene rings is 2. The third kappa shape index (κ3) is 2.81. The number of amides is 1. The number of ether oxygens (including phenoxy) is 1. The molecule has 3 rings (SSSR count). The molecule has 2 N–H and O–H groups in total. The fraction of sp³-hybridized carbons (Fsp3) is 0.111. The normalized spacial score (nSPS) is 10.5. The quantitative estimate of drug-likeness (QED) is 0.781. The Morgan fingerprint density at radius 2 is 1.87 bits per heavy atom. The maximum Gasteiger partial charge on any atom is 0.261 e. The minimum atomic E-state index is -0.445. The monoisotopic (exact) mass is 308 g/mol. The number of carbonyl (C=O) groups is 1. The highest BCUT2D eigenvalue weighted by Crippen LogP contribution is 2.21. The van der Waals surface area contributed by atoms with E-state index in [1.165, 1.54) is 13.3 Å². The second kappa shape index (κ2) is 5.96. The maximum absolute atomic E-state index is 12.5. The van der Waals surface area contributed by atoms with Crippen molar-refractivity contribution in [3.8, 4) is 5.75 Å². The lowest BCUT2D eigenvalue weighted by molar-refractivity contribution is 0.102. The number of anilines is 1. The van der Waals surface area contributed by atoms with Gasteiger partial charge in [0.1, 0.15) is 11.3 Å². The zero-order valence-corrected chi connectivity index (χ0v) is 12.8. The minimum Gasteiger partial charge on any atom is -0.495 e. The van der Waals surface area contributed by atoms with Gasteiger partial charge in [-0.3, -0.25) is 9.59 Å². The molecule has 1 aromatic heterocycles. The molecule has 3 aromatic rings. The molecule has 0 aliphatic heterocycles. The molecule has 1 amide bonds. The van der Waals surface area contributed by atoms with E-state index in [2.05, 4.69) is 10.3 Å². The predicted octanol–water partition coefficient (Wildman–Crippen LogP) is 3.10. The van der Waals surface area contributed by atoms with E-state index in [0.29, 0.717) is 22.3 Å². The number of hydrogen-bond donors (Lipinski definition) is 2. The molecule has 0 aliphatic rings. The van der Waals surface area contributed by atoms with E-state index in [9.17, 15) is 9.59 Å². The summed E-state index contributed by atoms with van der Waals surface area (Å²) in [5, 5.41) is 3.15. The van der Waals surface area contributed by atoms with Gasteiger partial charge in [-0.15, -0.1) is 0 Å². The molecule has 2 aromatic carbocycles. The first-order chi connectivity index (χ1) is 11.1. The molecule has 5 heteroatoms. The average molecular weight is 308 g/mol. The molecular formula is C18H16N2O3. The number of methoxy groups -OCH3 is 1. The van der Waals surface area contributed by atoms with Crippen LogP contribution in [0, 0.1) is 6.92 Å². The van der Waals surface area contributed by atoms with Crippen LogP contribution in [0.15, 0.2) is 53.5 Å². The van der Waals surface area contributed by atoms with E-state index in [-0.39, 0.29) is 11.0 Å². The van der Waals surface area contributed by atoms with Gasteiger partial charge in [-0.2, -0.15) is 0 Å². The molecule has 0 spiro atoms. The fourth-order valence-corrected chi connectivity index (χ4v) is 2.40. The lowest BCUT2D eigenvalue weighted by Gasteiger charge is -2.08. The van der Waals surface area contributed by atoms with Crippen LogP contribution in [0.3, 0.4) is 0 Å². The zero-order chi connectivity index (χ0) is 16.4. The van der Waals surface area contributed by atoms with Crippen LogP contribution in [-0.4, -0.2) is 18.0 Å². The van der Waals surface area contributed by atoms with Gasteiger partial charge in [0.15, 0.2) is 0 Å². The van der Waals surface area contributed by atoms with Crippen molar-refractivity contribution >= 4 is 22.5 Å². The van der Waals surface area contributed by atoms with Crippen molar-refractivity contribution in [1.29, 1.82) is 0 Å². The third-order valence-corrected chi connectivity index (χ3v) is 3.65. The average Bonchev–Trinajstić information content (AvgIpc) is 2.57. The van der Waals surface area contributed by atoms with E-state index in [4.69, 9.17) is 4.74 Å². The molecule has 0 saturated heterocycles. The van der Waals surface area contributed by atoms with Gasteiger partial charge in [-0.25, -0.2) is 0 Å². The molecule has 5 nitrogen and oxygen atoms in total. The van der Waals surface area contributed by atoms with E-state index >= 15 is 0 Å². The summed E-state index contributed by atoms with van der Waals surface area (Å²) in [5.41, 5.74) is 2.05. The Kier molecular flexibility index (Phi) is 3.85. The van der Waals surface area contributed by atoms with Crippen LogP contribution in [0.2, 0.25) is 0 Å². The number of carbonyl (C=O) groups excluding carboxylic acids is 1. The van der Waals surface area contributed by atoms with Crippen molar-refractivity contribution in [2.24, 2.45) is 0 Å². The molecule has 0 saturated carbocycles. The third-order valence-electron chi connectivity index (χ3n) is 3.65. The zero-order valence-electron chi connectivity index (χ0n) is 12.8. The second-order valence-electron chi connectivity index (χ2n) is 5.23. The van der Waals surface area contributed by atoms with Crippen LogP contribution in [0.5, 0.6) is 5.75 Å². The molecule has 0 unspecified atom stereocenters. The van der Waals surface area contributed by atoms with E-state index in [1.807, 2.05) is 19.1 Å². The number of aryl methyl sites for hydroxylation is 1. The first kappa shape index (κ1) is 14.8. The number of nitrogens with one attached hydrogen (secondary N) is 2. The van der Waals surface area contributed by atoms with Crippen LogP contribution in [0.1, 0.15) is 15.9 Å². The number of H-pyrrole nitrogens is 1. The van der Waals surface area contributed by atoms with Crippen molar-refractivity contribution < 1.29 is 9.53 Å². The van der Waals surface area contributed by atoms with Gasteiger partial charge in [0.05, 0.1) is 18.0 Å². The van der Waals surface area contributed by atoms with Gasteiger partial charge in [0, 0.05) is 11.9 Å².